The molecule has 1 saturated carbocycles. The van der Waals surface area contributed by atoms with Crippen LogP contribution in [0, 0.1) is 0 Å². The van der Waals surface area contributed by atoms with Gasteiger partial charge >= 0.3 is 5.97 Å². The van der Waals surface area contributed by atoms with E-state index in [1.807, 2.05) is 24.3 Å². The van der Waals surface area contributed by atoms with E-state index in [-0.39, 0.29) is 0 Å². The first kappa shape index (κ1) is 13.1. The number of carboxylic acid groups (broad SMARTS) is 1. The SMILES string of the molecule is CC(O)c1ccc(C2(C(=O)O)CCCCC2)cc1. The zero-order chi connectivity index (χ0) is 13.2. The van der Waals surface area contributed by atoms with Gasteiger partial charge in [0.05, 0.1) is 11.5 Å². The Kier molecular flexibility index (Phi) is 3.71. The molecule has 3 heteroatoms. The Morgan fingerprint density at radius 2 is 1.72 bits per heavy atom. The molecule has 0 radical (unpaired) electrons. The van der Waals surface area contributed by atoms with E-state index in [0.717, 1.165) is 43.2 Å². The predicted octanol–water partition coefficient (Wildman–Crippen LogP) is 3.03. The van der Waals surface area contributed by atoms with Crippen molar-refractivity contribution in [3.05, 3.63) is 35.4 Å². The second-order valence-electron chi connectivity index (χ2n) is 5.25. The van der Waals surface area contributed by atoms with Crippen LogP contribution in [0.5, 0.6) is 0 Å². The van der Waals surface area contributed by atoms with Crippen molar-refractivity contribution in [2.24, 2.45) is 0 Å². The van der Waals surface area contributed by atoms with Crippen LogP contribution in [0.2, 0.25) is 0 Å². The minimum Gasteiger partial charge on any atom is -0.481 e. The van der Waals surface area contributed by atoms with Gasteiger partial charge in [-0.15, -0.1) is 0 Å². The first-order chi connectivity index (χ1) is 8.56. The topological polar surface area (TPSA) is 57.5 Å². The second kappa shape index (κ2) is 5.11. The third-order valence-electron chi connectivity index (χ3n) is 4.06. The highest BCUT2D eigenvalue weighted by atomic mass is 16.4. The highest BCUT2D eigenvalue weighted by molar-refractivity contribution is 5.81. The smallest absolute Gasteiger partial charge is 0.314 e. The van der Waals surface area contributed by atoms with Crippen LogP contribution < -0.4 is 0 Å². The molecule has 2 N–H and O–H groups in total. The Morgan fingerprint density at radius 1 is 1.17 bits per heavy atom. The third-order valence-corrected chi connectivity index (χ3v) is 4.06. The van der Waals surface area contributed by atoms with Crippen LogP contribution in [0.3, 0.4) is 0 Å². The zero-order valence-electron chi connectivity index (χ0n) is 10.7. The lowest BCUT2D eigenvalue weighted by Crippen LogP contribution is -2.37. The summed E-state index contributed by atoms with van der Waals surface area (Å²) in [7, 11) is 0. The molecule has 1 aromatic carbocycles. The summed E-state index contributed by atoms with van der Waals surface area (Å²) in [6.45, 7) is 1.71. The average molecular weight is 248 g/mol. The van der Waals surface area contributed by atoms with E-state index in [0.29, 0.717) is 0 Å². The zero-order valence-corrected chi connectivity index (χ0v) is 10.7. The van der Waals surface area contributed by atoms with Crippen LogP contribution in [-0.2, 0) is 10.2 Å². The molecule has 18 heavy (non-hydrogen) atoms. The Hall–Kier alpha value is -1.35. The fourth-order valence-electron chi connectivity index (χ4n) is 2.86. The van der Waals surface area contributed by atoms with Gasteiger partial charge in [-0.25, -0.2) is 0 Å². The van der Waals surface area contributed by atoms with E-state index in [2.05, 4.69) is 0 Å². The molecule has 0 bridgehead atoms. The molecule has 0 aromatic heterocycles. The third kappa shape index (κ3) is 2.27. The molecule has 1 aliphatic carbocycles. The second-order valence-corrected chi connectivity index (χ2v) is 5.25. The Bertz CT molecular complexity index is 414. The number of benzene rings is 1. The van der Waals surface area contributed by atoms with Crippen molar-refractivity contribution in [2.75, 3.05) is 0 Å². The number of rotatable bonds is 3. The molecule has 1 atom stereocenters. The molecule has 0 spiro atoms. The van der Waals surface area contributed by atoms with Gasteiger partial charge in [-0.3, -0.25) is 4.79 Å². The minimum absolute atomic E-state index is 0.508. The summed E-state index contributed by atoms with van der Waals surface area (Å²) < 4.78 is 0. The molecule has 3 nitrogen and oxygen atoms in total. The summed E-state index contributed by atoms with van der Waals surface area (Å²) in [4.78, 5) is 11.6. The summed E-state index contributed by atoms with van der Waals surface area (Å²) in [5, 5.41) is 19.1. The number of carboxylic acids is 1. The summed E-state index contributed by atoms with van der Waals surface area (Å²) in [5.74, 6) is -0.716. The van der Waals surface area contributed by atoms with Crippen molar-refractivity contribution in [3.63, 3.8) is 0 Å². The van der Waals surface area contributed by atoms with Crippen molar-refractivity contribution in [2.45, 2.75) is 50.5 Å². The van der Waals surface area contributed by atoms with E-state index in [9.17, 15) is 15.0 Å². The van der Waals surface area contributed by atoms with E-state index >= 15 is 0 Å². The molecule has 1 aromatic rings. The van der Waals surface area contributed by atoms with E-state index in [4.69, 9.17) is 0 Å². The molecule has 98 valence electrons. The molecule has 0 aliphatic heterocycles. The number of hydrogen-bond acceptors (Lipinski definition) is 2. The first-order valence-corrected chi connectivity index (χ1v) is 6.58. The number of carbonyl (C=O) groups is 1. The predicted molar refractivity (Wildman–Crippen MR) is 69.5 cm³/mol. The lowest BCUT2D eigenvalue weighted by Gasteiger charge is -2.33. The summed E-state index contributed by atoms with van der Waals surface area (Å²) in [5.41, 5.74) is 0.990. The largest absolute Gasteiger partial charge is 0.481 e. The molecule has 2 rings (SSSR count). The van der Waals surface area contributed by atoms with Gasteiger partial charge in [0.2, 0.25) is 0 Å². The normalized spacial score (nSPS) is 20.3. The van der Waals surface area contributed by atoms with Crippen molar-refractivity contribution in [3.8, 4) is 0 Å². The van der Waals surface area contributed by atoms with Gasteiger partial charge in [0.25, 0.3) is 0 Å². The summed E-state index contributed by atoms with van der Waals surface area (Å²) in [6.07, 6.45) is 4.01. The van der Waals surface area contributed by atoms with Crippen LogP contribution in [0.25, 0.3) is 0 Å². The fourth-order valence-corrected chi connectivity index (χ4v) is 2.86. The Balaban J connectivity index is 2.34. The lowest BCUT2D eigenvalue weighted by molar-refractivity contribution is -0.145. The maximum absolute atomic E-state index is 11.6. The van der Waals surface area contributed by atoms with E-state index in [1.165, 1.54) is 0 Å². The highest BCUT2D eigenvalue weighted by Crippen LogP contribution is 2.40. The van der Waals surface area contributed by atoms with Gasteiger partial charge in [-0.05, 0) is 30.9 Å². The number of aliphatic hydroxyl groups excluding tert-OH is 1. The monoisotopic (exact) mass is 248 g/mol. The first-order valence-electron chi connectivity index (χ1n) is 6.58. The van der Waals surface area contributed by atoms with Gasteiger partial charge in [-0.2, -0.15) is 0 Å². The van der Waals surface area contributed by atoms with Gasteiger partial charge in [0, 0.05) is 0 Å². The van der Waals surface area contributed by atoms with Crippen molar-refractivity contribution < 1.29 is 15.0 Å². The standard InChI is InChI=1S/C15H20O3/c1-11(16)12-5-7-13(8-6-12)15(14(17)18)9-3-2-4-10-15/h5-8,11,16H,2-4,9-10H2,1H3,(H,17,18). The van der Waals surface area contributed by atoms with Crippen LogP contribution in [0.4, 0.5) is 0 Å². The molecule has 0 heterocycles. The molecule has 1 unspecified atom stereocenters. The Morgan fingerprint density at radius 3 is 2.17 bits per heavy atom. The summed E-state index contributed by atoms with van der Waals surface area (Å²) in [6, 6.07) is 7.39. The molecule has 0 saturated heterocycles. The maximum Gasteiger partial charge on any atom is 0.314 e. The lowest BCUT2D eigenvalue weighted by atomic mass is 9.69. The highest BCUT2D eigenvalue weighted by Gasteiger charge is 2.41. The van der Waals surface area contributed by atoms with Crippen molar-refractivity contribution in [1.29, 1.82) is 0 Å². The van der Waals surface area contributed by atoms with Crippen LogP contribution in [0.15, 0.2) is 24.3 Å². The van der Waals surface area contributed by atoms with Crippen LogP contribution in [-0.4, -0.2) is 16.2 Å². The van der Waals surface area contributed by atoms with Crippen LogP contribution in [0.1, 0.15) is 56.3 Å². The Labute approximate surface area is 107 Å². The quantitative estimate of drug-likeness (QED) is 0.864. The average Bonchev–Trinajstić information content (AvgIpc) is 2.39. The van der Waals surface area contributed by atoms with Gasteiger partial charge in [-0.1, -0.05) is 43.5 Å². The molecule has 0 amide bonds. The van der Waals surface area contributed by atoms with Crippen LogP contribution >= 0.6 is 0 Å². The summed E-state index contributed by atoms with van der Waals surface area (Å²) >= 11 is 0. The van der Waals surface area contributed by atoms with Gasteiger partial charge < -0.3 is 10.2 Å². The maximum atomic E-state index is 11.6. The molecule has 1 aliphatic rings. The molecular weight excluding hydrogens is 228 g/mol. The number of hydrogen-bond donors (Lipinski definition) is 2. The van der Waals surface area contributed by atoms with Crippen molar-refractivity contribution in [1.82, 2.24) is 0 Å². The fraction of sp³-hybridized carbons (Fsp3) is 0.533. The van der Waals surface area contributed by atoms with Gasteiger partial charge in [0.1, 0.15) is 0 Å². The number of aliphatic carboxylic acids is 1. The number of aliphatic hydroxyl groups is 1. The molecule has 1 fully saturated rings. The minimum atomic E-state index is -0.716. The van der Waals surface area contributed by atoms with E-state index < -0.39 is 17.5 Å². The van der Waals surface area contributed by atoms with E-state index in [1.54, 1.807) is 6.92 Å². The van der Waals surface area contributed by atoms with Gasteiger partial charge in [0.15, 0.2) is 0 Å². The molecular formula is C15H20O3. The van der Waals surface area contributed by atoms with Crippen molar-refractivity contribution >= 4 is 5.97 Å².